The lowest BCUT2D eigenvalue weighted by Gasteiger charge is -2.39. The fourth-order valence-electron chi connectivity index (χ4n) is 3.25. The van der Waals surface area contributed by atoms with Gasteiger partial charge in [0.25, 0.3) is 11.5 Å². The van der Waals surface area contributed by atoms with Crippen molar-refractivity contribution in [3.63, 3.8) is 0 Å². The minimum atomic E-state index is -0.510. The third-order valence-corrected chi connectivity index (χ3v) is 5.09. The molecule has 7 nitrogen and oxygen atoms in total. The number of nitrogens with zero attached hydrogens (tertiary/aromatic N) is 2. The maximum Gasteiger partial charge on any atom is 0.269 e. The molecule has 2 N–H and O–H groups in total. The Morgan fingerprint density at radius 2 is 2.17 bits per heavy atom. The first-order valence-electron chi connectivity index (χ1n) is 9.01. The zero-order valence-electron chi connectivity index (χ0n) is 15.5. The molecule has 1 amide bonds. The molecule has 0 atom stereocenters. The molecule has 1 fully saturated rings. The number of hydrogen-bond donors (Lipinski definition) is 2. The average molecular weight is 417 g/mol. The molecular weight excluding hydrogens is 399 g/mol. The number of carbonyl (C=O) groups is 1. The molecular formula is C20H18ClFN4O3. The van der Waals surface area contributed by atoms with Gasteiger partial charge in [0.15, 0.2) is 5.82 Å². The molecule has 1 saturated heterocycles. The van der Waals surface area contributed by atoms with E-state index in [1.165, 1.54) is 12.3 Å². The summed E-state index contributed by atoms with van der Waals surface area (Å²) in [5, 5.41) is 3.09. The number of H-pyrrole nitrogens is 1. The fourth-order valence-corrected chi connectivity index (χ4v) is 3.42. The Kier molecular flexibility index (Phi) is 5.21. The number of halogens is 2. The molecule has 0 spiro atoms. The van der Waals surface area contributed by atoms with E-state index in [-0.39, 0.29) is 22.6 Å². The van der Waals surface area contributed by atoms with Crippen molar-refractivity contribution in [1.82, 2.24) is 20.2 Å². The molecule has 0 unspecified atom stereocenters. The molecule has 4 rings (SSSR count). The standard InChI is InChI=1S/C20H18ClFN4O3/c1-23-20(28)16-5-4-13(7-24-16)29-14-9-26(10-14)8-12-3-2-11-6-15(21)19(27)25-18(11)17(12)22/h2-7,14H,8-10H2,1H3,(H,23,28)(H,25,27). The minimum absolute atomic E-state index is 0.0326. The van der Waals surface area contributed by atoms with Gasteiger partial charge in [0.1, 0.15) is 22.6 Å². The van der Waals surface area contributed by atoms with E-state index >= 15 is 0 Å². The zero-order valence-corrected chi connectivity index (χ0v) is 16.3. The summed E-state index contributed by atoms with van der Waals surface area (Å²) in [6.07, 6.45) is 1.47. The highest BCUT2D eigenvalue weighted by molar-refractivity contribution is 6.31. The molecule has 0 saturated carbocycles. The molecule has 0 bridgehead atoms. The molecule has 1 aliphatic rings. The van der Waals surface area contributed by atoms with Gasteiger partial charge in [-0.3, -0.25) is 14.5 Å². The summed E-state index contributed by atoms with van der Waals surface area (Å²) in [6.45, 7) is 1.66. The minimum Gasteiger partial charge on any atom is -0.486 e. The van der Waals surface area contributed by atoms with Crippen LogP contribution < -0.4 is 15.6 Å². The van der Waals surface area contributed by atoms with Gasteiger partial charge in [-0.15, -0.1) is 0 Å². The number of aromatic amines is 1. The molecule has 3 heterocycles. The number of carbonyl (C=O) groups excluding carboxylic acids is 1. The van der Waals surface area contributed by atoms with E-state index in [2.05, 4.69) is 15.3 Å². The third kappa shape index (κ3) is 3.94. The first-order chi connectivity index (χ1) is 13.9. The van der Waals surface area contributed by atoms with E-state index in [0.29, 0.717) is 42.0 Å². The zero-order chi connectivity index (χ0) is 20.5. The van der Waals surface area contributed by atoms with E-state index in [4.69, 9.17) is 16.3 Å². The van der Waals surface area contributed by atoms with Gasteiger partial charge in [0.05, 0.1) is 11.7 Å². The van der Waals surface area contributed by atoms with Crippen molar-refractivity contribution in [3.05, 3.63) is 69.0 Å². The van der Waals surface area contributed by atoms with Crippen LogP contribution in [0, 0.1) is 5.82 Å². The van der Waals surface area contributed by atoms with Crippen LogP contribution in [-0.4, -0.2) is 47.0 Å². The van der Waals surface area contributed by atoms with Crippen LogP contribution in [-0.2, 0) is 6.54 Å². The summed E-state index contributed by atoms with van der Waals surface area (Å²) in [5.74, 6) is -0.129. The molecule has 9 heteroatoms. The van der Waals surface area contributed by atoms with Crippen LogP contribution in [0.4, 0.5) is 4.39 Å². The van der Waals surface area contributed by atoms with Crippen LogP contribution >= 0.6 is 11.6 Å². The van der Waals surface area contributed by atoms with Crippen LogP contribution in [0.3, 0.4) is 0 Å². The van der Waals surface area contributed by atoms with Gasteiger partial charge in [0.2, 0.25) is 0 Å². The van der Waals surface area contributed by atoms with E-state index in [1.807, 2.05) is 4.90 Å². The van der Waals surface area contributed by atoms with Crippen molar-refractivity contribution < 1.29 is 13.9 Å². The number of likely N-dealkylation sites (tertiary alicyclic amines) is 1. The molecule has 2 aromatic heterocycles. The molecule has 1 aliphatic heterocycles. The number of fused-ring (bicyclic) bond motifs is 1. The van der Waals surface area contributed by atoms with Crippen molar-refractivity contribution in [2.45, 2.75) is 12.6 Å². The van der Waals surface area contributed by atoms with E-state index in [1.54, 1.807) is 31.3 Å². The van der Waals surface area contributed by atoms with Gasteiger partial charge in [-0.05, 0) is 18.2 Å². The maximum absolute atomic E-state index is 14.8. The predicted molar refractivity (Wildman–Crippen MR) is 107 cm³/mol. The van der Waals surface area contributed by atoms with E-state index in [9.17, 15) is 14.0 Å². The van der Waals surface area contributed by atoms with Gasteiger partial charge >= 0.3 is 0 Å². The lowest BCUT2D eigenvalue weighted by Crippen LogP contribution is -2.53. The summed E-state index contributed by atoms with van der Waals surface area (Å²) in [4.78, 5) is 31.8. The third-order valence-electron chi connectivity index (χ3n) is 4.81. The molecule has 0 aliphatic carbocycles. The topological polar surface area (TPSA) is 87.3 Å². The van der Waals surface area contributed by atoms with Crippen LogP contribution in [0.25, 0.3) is 10.9 Å². The molecule has 3 aromatic rings. The molecule has 150 valence electrons. The second-order valence-electron chi connectivity index (χ2n) is 6.84. The fraction of sp³-hybridized carbons (Fsp3) is 0.250. The number of pyridine rings is 2. The van der Waals surface area contributed by atoms with Gasteiger partial charge in [0, 0.05) is 37.6 Å². The monoisotopic (exact) mass is 416 g/mol. The number of rotatable bonds is 5. The van der Waals surface area contributed by atoms with Crippen LogP contribution in [0.15, 0.2) is 41.3 Å². The maximum atomic E-state index is 14.8. The first kappa shape index (κ1) is 19.4. The van der Waals surface area contributed by atoms with E-state index < -0.39 is 11.4 Å². The number of nitrogens with one attached hydrogen (secondary N) is 2. The lowest BCUT2D eigenvalue weighted by molar-refractivity contribution is 0.0138. The Morgan fingerprint density at radius 1 is 1.38 bits per heavy atom. The van der Waals surface area contributed by atoms with Crippen molar-refractivity contribution in [2.75, 3.05) is 20.1 Å². The Hall–Kier alpha value is -2.97. The van der Waals surface area contributed by atoms with Gasteiger partial charge in [-0.25, -0.2) is 9.37 Å². The van der Waals surface area contributed by atoms with Gasteiger partial charge < -0.3 is 15.0 Å². The Morgan fingerprint density at radius 3 is 2.86 bits per heavy atom. The summed E-state index contributed by atoms with van der Waals surface area (Å²) in [7, 11) is 1.54. The number of hydrogen-bond acceptors (Lipinski definition) is 5. The number of benzene rings is 1. The molecule has 0 radical (unpaired) electrons. The SMILES string of the molecule is CNC(=O)c1ccc(OC2CN(Cc3ccc4cc(Cl)c(=O)[nH]c4c3F)C2)cn1. The molecule has 29 heavy (non-hydrogen) atoms. The normalized spacial score (nSPS) is 14.6. The average Bonchev–Trinajstić information content (AvgIpc) is 2.69. The van der Waals surface area contributed by atoms with Crippen LogP contribution in [0.5, 0.6) is 5.75 Å². The van der Waals surface area contributed by atoms with Crippen molar-refractivity contribution >= 4 is 28.4 Å². The summed E-state index contributed by atoms with van der Waals surface area (Å²) >= 11 is 5.80. The number of ether oxygens (including phenoxy) is 1. The highest BCUT2D eigenvalue weighted by Gasteiger charge is 2.29. The van der Waals surface area contributed by atoms with Gasteiger partial charge in [-0.1, -0.05) is 23.7 Å². The number of aromatic nitrogens is 2. The lowest BCUT2D eigenvalue weighted by atomic mass is 10.1. The highest BCUT2D eigenvalue weighted by atomic mass is 35.5. The summed E-state index contributed by atoms with van der Waals surface area (Å²) < 4.78 is 20.6. The van der Waals surface area contributed by atoms with Crippen LogP contribution in [0.1, 0.15) is 16.1 Å². The number of amides is 1. The van der Waals surface area contributed by atoms with Crippen LogP contribution in [0.2, 0.25) is 5.02 Å². The second-order valence-corrected chi connectivity index (χ2v) is 7.25. The van der Waals surface area contributed by atoms with Crippen molar-refractivity contribution in [3.8, 4) is 5.75 Å². The Balaban J connectivity index is 1.37. The van der Waals surface area contributed by atoms with Crippen molar-refractivity contribution in [1.29, 1.82) is 0 Å². The summed E-state index contributed by atoms with van der Waals surface area (Å²) in [6, 6.07) is 8.19. The summed E-state index contributed by atoms with van der Waals surface area (Å²) in [5.41, 5.74) is 0.461. The first-order valence-corrected chi connectivity index (χ1v) is 9.39. The second kappa shape index (κ2) is 7.81. The van der Waals surface area contributed by atoms with E-state index in [0.717, 1.165) is 0 Å². The Bertz CT molecular complexity index is 1130. The predicted octanol–water partition coefficient (Wildman–Crippen LogP) is 2.34. The highest BCUT2D eigenvalue weighted by Crippen LogP contribution is 2.24. The smallest absolute Gasteiger partial charge is 0.269 e. The largest absolute Gasteiger partial charge is 0.486 e. The van der Waals surface area contributed by atoms with Gasteiger partial charge in [-0.2, -0.15) is 0 Å². The van der Waals surface area contributed by atoms with Crippen molar-refractivity contribution in [2.24, 2.45) is 0 Å². The Labute approximate surface area is 170 Å². The molecule has 1 aromatic carbocycles. The quantitative estimate of drug-likeness (QED) is 0.666.